The normalized spacial score (nSPS) is 11.0. The Morgan fingerprint density at radius 1 is 1.09 bits per heavy atom. The number of aromatic amines is 1. The summed E-state index contributed by atoms with van der Waals surface area (Å²) in [7, 11) is 0. The molecule has 5 nitrogen and oxygen atoms in total. The van der Waals surface area contributed by atoms with E-state index in [2.05, 4.69) is 15.2 Å². The van der Waals surface area contributed by atoms with Crippen LogP contribution in [0.25, 0.3) is 32.9 Å². The third-order valence-electron chi connectivity index (χ3n) is 3.60. The third-order valence-corrected chi connectivity index (χ3v) is 4.45. The number of aromatic carboxylic acids is 1. The maximum atomic E-state index is 10.9. The Kier molecular flexibility index (Phi) is 3.17. The largest absolute Gasteiger partial charge is 0.478 e. The summed E-state index contributed by atoms with van der Waals surface area (Å²) in [6.45, 7) is 0. The molecule has 2 aromatic heterocycles. The predicted molar refractivity (Wildman–Crippen MR) is 89.6 cm³/mol. The van der Waals surface area contributed by atoms with Gasteiger partial charge in [0.05, 0.1) is 16.8 Å². The molecule has 0 saturated carbocycles. The van der Waals surface area contributed by atoms with E-state index in [1.807, 2.05) is 29.6 Å². The molecule has 6 heteroatoms. The number of nitrogens with one attached hydrogen (secondary N) is 1. The second kappa shape index (κ2) is 5.33. The molecule has 2 aromatic carbocycles. The van der Waals surface area contributed by atoms with E-state index in [-0.39, 0.29) is 5.56 Å². The van der Waals surface area contributed by atoms with Crippen molar-refractivity contribution in [1.82, 2.24) is 15.2 Å². The Bertz CT molecular complexity index is 1000. The molecule has 112 valence electrons. The van der Waals surface area contributed by atoms with Crippen LogP contribution in [-0.2, 0) is 0 Å². The van der Waals surface area contributed by atoms with Gasteiger partial charge >= 0.3 is 5.97 Å². The molecule has 23 heavy (non-hydrogen) atoms. The number of nitrogens with zero attached hydrogens (tertiary/aromatic N) is 2. The van der Waals surface area contributed by atoms with E-state index >= 15 is 0 Å². The van der Waals surface area contributed by atoms with E-state index < -0.39 is 5.97 Å². The minimum Gasteiger partial charge on any atom is -0.478 e. The molecular weight excluding hydrogens is 310 g/mol. The molecule has 4 aromatic rings. The zero-order valence-electron chi connectivity index (χ0n) is 11.9. The lowest BCUT2D eigenvalue weighted by Crippen LogP contribution is -1.94. The molecule has 0 aliphatic rings. The van der Waals surface area contributed by atoms with E-state index in [0.29, 0.717) is 0 Å². The molecule has 0 atom stereocenters. The number of hydrogen-bond donors (Lipinski definition) is 2. The van der Waals surface area contributed by atoms with Gasteiger partial charge in [0.1, 0.15) is 10.7 Å². The van der Waals surface area contributed by atoms with E-state index in [0.717, 1.165) is 32.9 Å². The number of carboxylic acid groups (broad SMARTS) is 1. The summed E-state index contributed by atoms with van der Waals surface area (Å²) < 4.78 is 0. The molecule has 4 rings (SSSR count). The van der Waals surface area contributed by atoms with E-state index in [4.69, 9.17) is 5.11 Å². The van der Waals surface area contributed by atoms with Gasteiger partial charge in [-0.15, -0.1) is 11.3 Å². The lowest BCUT2D eigenvalue weighted by molar-refractivity contribution is 0.0697. The van der Waals surface area contributed by atoms with Crippen molar-refractivity contribution >= 4 is 28.2 Å². The van der Waals surface area contributed by atoms with Crippen molar-refractivity contribution in [3.63, 3.8) is 0 Å². The van der Waals surface area contributed by atoms with E-state index in [9.17, 15) is 4.79 Å². The Morgan fingerprint density at radius 2 is 1.87 bits per heavy atom. The molecule has 0 saturated heterocycles. The van der Waals surface area contributed by atoms with Gasteiger partial charge in [-0.2, -0.15) is 5.10 Å². The van der Waals surface area contributed by atoms with Crippen LogP contribution >= 0.6 is 11.3 Å². The van der Waals surface area contributed by atoms with Gasteiger partial charge in [0, 0.05) is 16.3 Å². The fourth-order valence-corrected chi connectivity index (χ4v) is 3.26. The number of benzene rings is 2. The summed E-state index contributed by atoms with van der Waals surface area (Å²) in [5.41, 5.74) is 3.78. The van der Waals surface area contributed by atoms with Crippen LogP contribution in [0.15, 0.2) is 53.9 Å². The van der Waals surface area contributed by atoms with Gasteiger partial charge in [0.2, 0.25) is 0 Å². The van der Waals surface area contributed by atoms with Crippen LogP contribution in [-0.4, -0.2) is 26.3 Å². The van der Waals surface area contributed by atoms with Crippen molar-refractivity contribution in [2.45, 2.75) is 0 Å². The number of aromatic nitrogens is 3. The van der Waals surface area contributed by atoms with Gasteiger partial charge in [-0.1, -0.05) is 30.3 Å². The summed E-state index contributed by atoms with van der Waals surface area (Å²) in [6.07, 6.45) is 0. The highest BCUT2D eigenvalue weighted by molar-refractivity contribution is 7.13. The lowest BCUT2D eigenvalue weighted by atomic mass is 10.1. The SMILES string of the molecule is O=C(O)c1ccc(-c2csc(-c3n[nH]c4ccccc34)n2)cc1. The minimum atomic E-state index is -0.932. The minimum absolute atomic E-state index is 0.266. The monoisotopic (exact) mass is 321 g/mol. The van der Waals surface area contributed by atoms with Crippen molar-refractivity contribution in [3.8, 4) is 22.0 Å². The fraction of sp³-hybridized carbons (Fsp3) is 0. The van der Waals surface area contributed by atoms with Gasteiger partial charge in [0.15, 0.2) is 0 Å². The standard InChI is InChI=1S/C17H11N3O2S/c21-17(22)11-7-5-10(6-8-11)14-9-23-16(18-14)15-12-3-1-2-4-13(12)19-20-15/h1-9H,(H,19,20)(H,21,22). The molecule has 0 amide bonds. The summed E-state index contributed by atoms with van der Waals surface area (Å²) in [5.74, 6) is -0.932. The zero-order valence-corrected chi connectivity index (χ0v) is 12.7. The van der Waals surface area contributed by atoms with Gasteiger partial charge in [0.25, 0.3) is 0 Å². The number of fused-ring (bicyclic) bond motifs is 1. The van der Waals surface area contributed by atoms with Gasteiger partial charge in [-0.25, -0.2) is 9.78 Å². The van der Waals surface area contributed by atoms with Gasteiger partial charge < -0.3 is 5.11 Å². The first-order valence-electron chi connectivity index (χ1n) is 6.95. The quantitative estimate of drug-likeness (QED) is 0.596. The molecule has 0 unspecified atom stereocenters. The molecule has 0 bridgehead atoms. The molecular formula is C17H11N3O2S. The van der Waals surface area contributed by atoms with Crippen LogP contribution in [0, 0.1) is 0 Å². The second-order valence-electron chi connectivity index (χ2n) is 5.04. The maximum absolute atomic E-state index is 10.9. The third kappa shape index (κ3) is 2.39. The number of H-pyrrole nitrogens is 1. The van der Waals surface area contributed by atoms with Crippen LogP contribution < -0.4 is 0 Å². The average molecular weight is 321 g/mol. The number of para-hydroxylation sites is 1. The van der Waals surface area contributed by atoms with Gasteiger partial charge in [-0.3, -0.25) is 5.10 Å². The van der Waals surface area contributed by atoms with Crippen LogP contribution in [0.4, 0.5) is 0 Å². The number of carbonyl (C=O) groups is 1. The van der Waals surface area contributed by atoms with Crippen LogP contribution in [0.1, 0.15) is 10.4 Å². The Hall–Kier alpha value is -2.99. The van der Waals surface area contributed by atoms with Crippen LogP contribution in [0.3, 0.4) is 0 Å². The van der Waals surface area contributed by atoms with Crippen LogP contribution in [0.2, 0.25) is 0 Å². The zero-order chi connectivity index (χ0) is 15.8. The summed E-state index contributed by atoms with van der Waals surface area (Å²) in [4.78, 5) is 15.5. The average Bonchev–Trinajstić information content (AvgIpc) is 3.21. The van der Waals surface area contributed by atoms with Crippen molar-refractivity contribution in [2.24, 2.45) is 0 Å². The molecule has 0 fully saturated rings. The van der Waals surface area contributed by atoms with Crippen molar-refractivity contribution in [2.75, 3.05) is 0 Å². The van der Waals surface area contributed by atoms with Crippen LogP contribution in [0.5, 0.6) is 0 Å². The highest BCUT2D eigenvalue weighted by atomic mass is 32.1. The van der Waals surface area contributed by atoms with Crippen molar-refractivity contribution in [3.05, 3.63) is 59.5 Å². The highest BCUT2D eigenvalue weighted by Gasteiger charge is 2.13. The molecule has 0 radical (unpaired) electrons. The summed E-state index contributed by atoms with van der Waals surface area (Å²) in [6, 6.07) is 14.6. The first kappa shape index (κ1) is 13.7. The number of rotatable bonds is 3. The first-order valence-corrected chi connectivity index (χ1v) is 7.83. The lowest BCUT2D eigenvalue weighted by Gasteiger charge is -1.98. The van der Waals surface area contributed by atoms with E-state index in [1.54, 1.807) is 24.3 Å². The second-order valence-corrected chi connectivity index (χ2v) is 5.90. The number of thiazole rings is 1. The Labute approximate surface area is 135 Å². The Balaban J connectivity index is 1.73. The van der Waals surface area contributed by atoms with Gasteiger partial charge in [-0.05, 0) is 18.2 Å². The summed E-state index contributed by atoms with van der Waals surface area (Å²) >= 11 is 1.52. The molecule has 2 N–H and O–H groups in total. The summed E-state index contributed by atoms with van der Waals surface area (Å²) in [5, 5.41) is 20.1. The topological polar surface area (TPSA) is 78.9 Å². The van der Waals surface area contributed by atoms with Crippen molar-refractivity contribution in [1.29, 1.82) is 0 Å². The first-order chi connectivity index (χ1) is 11.2. The smallest absolute Gasteiger partial charge is 0.335 e. The van der Waals surface area contributed by atoms with E-state index in [1.165, 1.54) is 11.3 Å². The number of carboxylic acids is 1. The molecule has 0 spiro atoms. The molecule has 0 aliphatic carbocycles. The Morgan fingerprint density at radius 3 is 2.65 bits per heavy atom. The highest BCUT2D eigenvalue weighted by Crippen LogP contribution is 2.31. The maximum Gasteiger partial charge on any atom is 0.335 e. The molecule has 0 aliphatic heterocycles. The fourth-order valence-electron chi connectivity index (χ4n) is 2.43. The van der Waals surface area contributed by atoms with Crippen molar-refractivity contribution < 1.29 is 9.90 Å². The molecule has 2 heterocycles. The predicted octanol–water partition coefficient (Wildman–Crippen LogP) is 4.05. The number of hydrogen-bond acceptors (Lipinski definition) is 4.